The van der Waals surface area contributed by atoms with E-state index in [1.807, 2.05) is 18.3 Å². The molecule has 3 nitrogen and oxygen atoms in total. The lowest BCUT2D eigenvalue weighted by molar-refractivity contribution is 0.315. The molecule has 0 saturated heterocycles. The van der Waals surface area contributed by atoms with Gasteiger partial charge in [0.2, 0.25) is 0 Å². The van der Waals surface area contributed by atoms with Crippen molar-refractivity contribution in [2.24, 2.45) is 0 Å². The average molecular weight is 348 g/mol. The molecule has 0 bridgehead atoms. The van der Waals surface area contributed by atoms with Gasteiger partial charge in [-0.15, -0.1) is 0 Å². The first-order chi connectivity index (χ1) is 10.2. The van der Waals surface area contributed by atoms with E-state index >= 15 is 0 Å². The molecule has 0 aliphatic rings. The van der Waals surface area contributed by atoms with Gasteiger partial charge in [0.1, 0.15) is 0 Å². The van der Waals surface area contributed by atoms with Crippen LogP contribution in [-0.2, 0) is 13.1 Å². The summed E-state index contributed by atoms with van der Waals surface area (Å²) in [5.74, 6) is 0. The van der Waals surface area contributed by atoms with E-state index in [0.717, 1.165) is 41.9 Å². The van der Waals surface area contributed by atoms with E-state index in [2.05, 4.69) is 69.4 Å². The molecule has 0 unspecified atom stereocenters. The van der Waals surface area contributed by atoms with Crippen molar-refractivity contribution in [2.45, 2.75) is 26.4 Å². The maximum absolute atomic E-state index is 4.46. The summed E-state index contributed by atoms with van der Waals surface area (Å²) in [5.41, 5.74) is 3.54. The fourth-order valence-corrected chi connectivity index (χ4v) is 2.67. The van der Waals surface area contributed by atoms with E-state index in [0.29, 0.717) is 0 Å². The Morgan fingerprint density at radius 2 is 2.05 bits per heavy atom. The second-order valence-corrected chi connectivity index (χ2v) is 6.18. The molecule has 1 N–H and O–H groups in total. The third-order valence-electron chi connectivity index (χ3n) is 3.17. The highest BCUT2D eigenvalue weighted by molar-refractivity contribution is 9.10. The van der Waals surface area contributed by atoms with Crippen LogP contribution in [0, 0.1) is 0 Å². The Hall–Kier alpha value is -1.39. The van der Waals surface area contributed by atoms with E-state index < -0.39 is 0 Å². The number of benzene rings is 1. The molecule has 4 heteroatoms. The van der Waals surface area contributed by atoms with Gasteiger partial charge in [-0.2, -0.15) is 0 Å². The van der Waals surface area contributed by atoms with Crippen molar-refractivity contribution < 1.29 is 0 Å². The van der Waals surface area contributed by atoms with E-state index in [9.17, 15) is 0 Å². The van der Waals surface area contributed by atoms with Gasteiger partial charge in [0.05, 0.1) is 5.69 Å². The largest absolute Gasteiger partial charge is 0.385 e. The van der Waals surface area contributed by atoms with Gasteiger partial charge in [-0.1, -0.05) is 35.0 Å². The van der Waals surface area contributed by atoms with Gasteiger partial charge in [0, 0.05) is 36.0 Å². The topological polar surface area (TPSA) is 28.2 Å². The maximum Gasteiger partial charge on any atom is 0.0564 e. The summed E-state index contributed by atoms with van der Waals surface area (Å²) >= 11 is 3.51. The first-order valence-electron chi connectivity index (χ1n) is 7.29. The molecule has 0 radical (unpaired) electrons. The molecule has 2 rings (SSSR count). The maximum atomic E-state index is 4.46. The molecule has 1 aromatic carbocycles. The molecule has 0 fully saturated rings. The lowest BCUT2D eigenvalue weighted by Crippen LogP contribution is -2.18. The Bertz CT molecular complexity index is 571. The zero-order valence-corrected chi connectivity index (χ0v) is 14.2. The van der Waals surface area contributed by atoms with Crippen molar-refractivity contribution in [2.75, 3.05) is 18.9 Å². The fraction of sp³-hybridized carbons (Fsp3) is 0.353. The van der Waals surface area contributed by atoms with Crippen LogP contribution in [0.2, 0.25) is 0 Å². The van der Waals surface area contributed by atoms with Crippen LogP contribution in [0.15, 0.2) is 47.1 Å². The predicted molar refractivity (Wildman–Crippen MR) is 92.3 cm³/mol. The van der Waals surface area contributed by atoms with Gasteiger partial charge >= 0.3 is 0 Å². The zero-order valence-electron chi connectivity index (χ0n) is 12.6. The summed E-state index contributed by atoms with van der Waals surface area (Å²) in [4.78, 5) is 6.73. The predicted octanol–water partition coefficient (Wildman–Crippen LogP) is 4.30. The van der Waals surface area contributed by atoms with Gasteiger partial charge in [-0.25, -0.2) is 0 Å². The second-order valence-electron chi connectivity index (χ2n) is 5.26. The number of nitrogens with zero attached hydrogens (tertiary/aromatic N) is 2. The normalized spacial score (nSPS) is 10.9. The van der Waals surface area contributed by atoms with E-state index in [-0.39, 0.29) is 0 Å². The summed E-state index contributed by atoms with van der Waals surface area (Å²) in [6.07, 6.45) is 3.00. The summed E-state index contributed by atoms with van der Waals surface area (Å²) in [6, 6.07) is 12.6. The number of hydrogen-bond donors (Lipinski definition) is 1. The number of nitrogens with one attached hydrogen (secondary N) is 1. The van der Waals surface area contributed by atoms with Gasteiger partial charge in [-0.05, 0) is 43.3 Å². The molecule has 0 spiro atoms. The first-order valence-corrected chi connectivity index (χ1v) is 8.08. The van der Waals surface area contributed by atoms with Crippen LogP contribution < -0.4 is 5.32 Å². The highest BCUT2D eigenvalue weighted by atomic mass is 79.9. The summed E-state index contributed by atoms with van der Waals surface area (Å²) in [6.45, 7) is 4.92. The van der Waals surface area contributed by atoms with Gasteiger partial charge in [0.15, 0.2) is 0 Å². The minimum atomic E-state index is 0.841. The van der Waals surface area contributed by atoms with E-state index in [1.54, 1.807) is 0 Å². The van der Waals surface area contributed by atoms with Crippen LogP contribution in [0.1, 0.15) is 24.6 Å². The Labute approximate surface area is 135 Å². The van der Waals surface area contributed by atoms with Crippen molar-refractivity contribution in [3.63, 3.8) is 0 Å². The minimum absolute atomic E-state index is 0.841. The zero-order chi connectivity index (χ0) is 15.1. The highest BCUT2D eigenvalue weighted by Gasteiger charge is 2.04. The van der Waals surface area contributed by atoms with Crippen LogP contribution in [-0.4, -0.2) is 23.5 Å². The summed E-state index contributed by atoms with van der Waals surface area (Å²) in [7, 11) is 2.12. The van der Waals surface area contributed by atoms with Crippen molar-refractivity contribution in [1.82, 2.24) is 9.88 Å². The lowest BCUT2D eigenvalue weighted by Gasteiger charge is -2.17. The molecule has 1 aromatic heterocycles. The van der Waals surface area contributed by atoms with Gasteiger partial charge < -0.3 is 5.32 Å². The molecule has 2 aromatic rings. The van der Waals surface area contributed by atoms with Crippen LogP contribution in [0.4, 0.5) is 5.69 Å². The highest BCUT2D eigenvalue weighted by Crippen LogP contribution is 2.15. The second kappa shape index (κ2) is 8.15. The molecule has 1 heterocycles. The smallest absolute Gasteiger partial charge is 0.0564 e. The summed E-state index contributed by atoms with van der Waals surface area (Å²) < 4.78 is 1.12. The van der Waals surface area contributed by atoms with Crippen LogP contribution >= 0.6 is 15.9 Å². The number of pyridine rings is 1. The summed E-state index contributed by atoms with van der Waals surface area (Å²) in [5, 5.41) is 3.40. The Balaban J connectivity index is 1.94. The molecule has 0 aliphatic carbocycles. The monoisotopic (exact) mass is 347 g/mol. The molecule has 112 valence electrons. The number of hydrogen-bond acceptors (Lipinski definition) is 3. The molecule has 0 aliphatic heterocycles. The third kappa shape index (κ3) is 5.48. The van der Waals surface area contributed by atoms with Crippen molar-refractivity contribution in [3.8, 4) is 0 Å². The number of halogens is 1. The van der Waals surface area contributed by atoms with Crippen LogP contribution in [0.5, 0.6) is 0 Å². The SMILES string of the molecule is CCCNc1ccnc(CN(C)Cc2cccc(Br)c2)c1. The van der Waals surface area contributed by atoms with Crippen molar-refractivity contribution >= 4 is 21.6 Å². The molecule has 0 amide bonds. The Morgan fingerprint density at radius 3 is 2.81 bits per heavy atom. The number of aromatic nitrogens is 1. The molecular weight excluding hydrogens is 326 g/mol. The van der Waals surface area contributed by atoms with Crippen LogP contribution in [0.25, 0.3) is 0 Å². The quantitative estimate of drug-likeness (QED) is 0.809. The van der Waals surface area contributed by atoms with E-state index in [4.69, 9.17) is 0 Å². The molecule has 21 heavy (non-hydrogen) atoms. The van der Waals surface area contributed by atoms with Crippen LogP contribution in [0.3, 0.4) is 0 Å². The molecular formula is C17H22BrN3. The Morgan fingerprint density at radius 1 is 1.19 bits per heavy atom. The fourth-order valence-electron chi connectivity index (χ4n) is 2.22. The molecule has 0 saturated carbocycles. The van der Waals surface area contributed by atoms with Crippen molar-refractivity contribution in [1.29, 1.82) is 0 Å². The number of rotatable bonds is 7. The van der Waals surface area contributed by atoms with Gasteiger partial charge in [-0.3, -0.25) is 9.88 Å². The van der Waals surface area contributed by atoms with Gasteiger partial charge in [0.25, 0.3) is 0 Å². The van der Waals surface area contributed by atoms with E-state index in [1.165, 1.54) is 5.56 Å². The average Bonchev–Trinajstić information content (AvgIpc) is 2.45. The Kier molecular flexibility index (Phi) is 6.21. The van der Waals surface area contributed by atoms with Crippen molar-refractivity contribution in [3.05, 3.63) is 58.3 Å². The minimum Gasteiger partial charge on any atom is -0.385 e. The number of anilines is 1. The molecule has 0 atom stereocenters. The third-order valence-corrected chi connectivity index (χ3v) is 3.66. The lowest BCUT2D eigenvalue weighted by atomic mass is 10.2. The standard InChI is InChI=1S/C17H22BrN3/c1-3-8-19-16-7-9-20-17(11-16)13-21(2)12-14-5-4-6-15(18)10-14/h4-7,9-11H,3,8,12-13H2,1-2H3,(H,19,20). The first kappa shape index (κ1) is 16.0.